The molecule has 1 aromatic rings. The lowest BCUT2D eigenvalue weighted by atomic mass is 10.0. The molecule has 2 heterocycles. The maximum Gasteiger partial charge on any atom is 0.225 e. The van der Waals surface area contributed by atoms with Gasteiger partial charge in [-0.25, -0.2) is 9.97 Å². The van der Waals surface area contributed by atoms with E-state index in [-0.39, 0.29) is 17.7 Å². The van der Waals surface area contributed by atoms with Gasteiger partial charge in [-0.05, 0) is 46.0 Å². The Labute approximate surface area is 161 Å². The number of nitrogens with zero attached hydrogens (tertiary/aromatic N) is 3. The first-order chi connectivity index (χ1) is 13.0. The van der Waals surface area contributed by atoms with Crippen LogP contribution < -0.4 is 5.32 Å². The average Bonchev–Trinajstić information content (AvgIpc) is 3.14. The van der Waals surface area contributed by atoms with Crippen LogP contribution in [0, 0.1) is 19.8 Å². The van der Waals surface area contributed by atoms with Gasteiger partial charge in [-0.1, -0.05) is 12.8 Å². The van der Waals surface area contributed by atoms with Crippen LogP contribution in [0.1, 0.15) is 73.6 Å². The summed E-state index contributed by atoms with van der Waals surface area (Å²) in [6.45, 7) is 5.49. The van der Waals surface area contributed by atoms with Crippen LogP contribution in [0.3, 0.4) is 0 Å². The number of likely N-dealkylation sites (tertiary alicyclic amines) is 1. The number of aryl methyl sites for hydroxylation is 2. The van der Waals surface area contributed by atoms with E-state index in [1.54, 1.807) is 0 Å². The first kappa shape index (κ1) is 18.4. The quantitative estimate of drug-likeness (QED) is 0.864. The molecule has 4 rings (SSSR count). The number of hydrogen-bond acceptors (Lipinski definition) is 4. The maximum absolute atomic E-state index is 12.4. The monoisotopic (exact) mass is 370 g/mol. The molecule has 1 N–H and O–H groups in total. The lowest BCUT2D eigenvalue weighted by Crippen LogP contribution is -2.34. The molecule has 2 saturated carbocycles. The van der Waals surface area contributed by atoms with Crippen LogP contribution in [0.25, 0.3) is 0 Å². The summed E-state index contributed by atoms with van der Waals surface area (Å²) in [5.41, 5.74) is 2.73. The summed E-state index contributed by atoms with van der Waals surface area (Å²) in [5, 5.41) is 3.15. The molecule has 0 radical (unpaired) electrons. The molecule has 27 heavy (non-hydrogen) atoms. The minimum atomic E-state index is 0.0755. The van der Waals surface area contributed by atoms with E-state index >= 15 is 0 Å². The minimum absolute atomic E-state index is 0.0755. The lowest BCUT2D eigenvalue weighted by molar-refractivity contribution is -0.131. The van der Waals surface area contributed by atoms with Crippen LogP contribution in [0.2, 0.25) is 0 Å². The van der Waals surface area contributed by atoms with Gasteiger partial charge in [-0.3, -0.25) is 9.59 Å². The topological polar surface area (TPSA) is 75.2 Å². The SMILES string of the molecule is Cc1nc(C2CCN(C(=O)C3CC3)C2)nc(C)c1CC(=O)NC1CCCC1. The van der Waals surface area contributed by atoms with Gasteiger partial charge >= 0.3 is 0 Å². The summed E-state index contributed by atoms with van der Waals surface area (Å²) in [5.74, 6) is 1.70. The molecular weight excluding hydrogens is 340 g/mol. The number of hydrogen-bond donors (Lipinski definition) is 1. The summed E-state index contributed by atoms with van der Waals surface area (Å²) in [6, 6.07) is 0.340. The fourth-order valence-electron chi connectivity index (χ4n) is 4.47. The van der Waals surface area contributed by atoms with E-state index in [2.05, 4.69) is 5.32 Å². The van der Waals surface area contributed by atoms with Crippen molar-refractivity contribution < 1.29 is 9.59 Å². The third-order valence-electron chi connectivity index (χ3n) is 6.29. The zero-order valence-electron chi connectivity index (χ0n) is 16.5. The number of nitrogens with one attached hydrogen (secondary N) is 1. The fourth-order valence-corrected chi connectivity index (χ4v) is 4.47. The van der Waals surface area contributed by atoms with Crippen LogP contribution >= 0.6 is 0 Å². The van der Waals surface area contributed by atoms with Gasteiger partial charge in [-0.15, -0.1) is 0 Å². The first-order valence-electron chi connectivity index (χ1n) is 10.4. The predicted octanol–water partition coefficient (Wildman–Crippen LogP) is 2.42. The number of carbonyl (C=O) groups is 2. The Bertz CT molecular complexity index is 715. The van der Waals surface area contributed by atoms with Crippen molar-refractivity contribution in [3.63, 3.8) is 0 Å². The van der Waals surface area contributed by atoms with Crippen LogP contribution in [-0.2, 0) is 16.0 Å². The molecule has 2 aliphatic carbocycles. The summed E-state index contributed by atoms with van der Waals surface area (Å²) in [6.07, 6.45) is 7.99. The molecule has 6 nitrogen and oxygen atoms in total. The number of rotatable bonds is 5. The van der Waals surface area contributed by atoms with Gasteiger partial charge in [0.2, 0.25) is 11.8 Å². The van der Waals surface area contributed by atoms with Gasteiger partial charge in [0, 0.05) is 47.9 Å². The molecule has 3 fully saturated rings. The number of aromatic nitrogens is 2. The second-order valence-corrected chi connectivity index (χ2v) is 8.50. The van der Waals surface area contributed by atoms with E-state index in [1.165, 1.54) is 12.8 Å². The summed E-state index contributed by atoms with van der Waals surface area (Å²) in [7, 11) is 0. The first-order valence-corrected chi connectivity index (χ1v) is 10.4. The Morgan fingerprint density at radius 3 is 2.33 bits per heavy atom. The van der Waals surface area contributed by atoms with Crippen LogP contribution in [0.15, 0.2) is 0 Å². The molecular formula is C21H30N4O2. The van der Waals surface area contributed by atoms with Crippen molar-refractivity contribution in [2.45, 2.75) is 77.2 Å². The van der Waals surface area contributed by atoms with Gasteiger partial charge in [0.05, 0.1) is 6.42 Å². The fraction of sp³-hybridized carbons (Fsp3) is 0.714. The molecule has 1 atom stereocenters. The van der Waals surface area contributed by atoms with Gasteiger partial charge in [0.15, 0.2) is 0 Å². The highest BCUT2D eigenvalue weighted by molar-refractivity contribution is 5.81. The molecule has 6 heteroatoms. The van der Waals surface area contributed by atoms with E-state index in [1.807, 2.05) is 18.7 Å². The van der Waals surface area contributed by atoms with Crippen molar-refractivity contribution in [2.24, 2.45) is 5.92 Å². The molecule has 0 spiro atoms. The van der Waals surface area contributed by atoms with Crippen molar-refractivity contribution in [3.05, 3.63) is 22.8 Å². The molecule has 2 amide bonds. The standard InChI is InChI=1S/C21H30N4O2/c1-13-18(11-19(26)24-17-5-3-4-6-17)14(2)23-20(22-13)16-9-10-25(12-16)21(27)15-7-8-15/h15-17H,3-12H2,1-2H3,(H,24,26). The lowest BCUT2D eigenvalue weighted by Gasteiger charge is -2.17. The molecule has 1 unspecified atom stereocenters. The minimum Gasteiger partial charge on any atom is -0.353 e. The van der Waals surface area contributed by atoms with E-state index < -0.39 is 0 Å². The van der Waals surface area contributed by atoms with E-state index in [0.29, 0.717) is 18.4 Å². The molecule has 0 bridgehead atoms. The summed E-state index contributed by atoms with van der Waals surface area (Å²) in [4.78, 5) is 36.1. The highest BCUT2D eigenvalue weighted by atomic mass is 16.2. The van der Waals surface area contributed by atoms with Crippen molar-refractivity contribution in [1.29, 1.82) is 0 Å². The molecule has 3 aliphatic rings. The second-order valence-electron chi connectivity index (χ2n) is 8.50. The van der Waals surface area contributed by atoms with E-state index in [4.69, 9.17) is 9.97 Å². The van der Waals surface area contributed by atoms with Crippen molar-refractivity contribution >= 4 is 11.8 Å². The zero-order chi connectivity index (χ0) is 19.0. The Kier molecular flexibility index (Phi) is 5.15. The van der Waals surface area contributed by atoms with E-state index in [9.17, 15) is 9.59 Å². The van der Waals surface area contributed by atoms with Crippen LogP contribution in [0.5, 0.6) is 0 Å². The van der Waals surface area contributed by atoms with E-state index in [0.717, 1.165) is 68.0 Å². The molecule has 1 aromatic heterocycles. The van der Waals surface area contributed by atoms with Crippen LogP contribution in [0.4, 0.5) is 0 Å². The Balaban J connectivity index is 1.40. The Morgan fingerprint density at radius 1 is 1.04 bits per heavy atom. The van der Waals surface area contributed by atoms with Crippen LogP contribution in [-0.4, -0.2) is 45.8 Å². The number of amides is 2. The highest BCUT2D eigenvalue weighted by Gasteiger charge is 2.37. The Morgan fingerprint density at radius 2 is 1.70 bits per heavy atom. The molecule has 1 saturated heterocycles. The average molecular weight is 370 g/mol. The molecule has 1 aliphatic heterocycles. The zero-order valence-corrected chi connectivity index (χ0v) is 16.5. The van der Waals surface area contributed by atoms with Crippen molar-refractivity contribution in [3.8, 4) is 0 Å². The highest BCUT2D eigenvalue weighted by Crippen LogP contribution is 2.34. The largest absolute Gasteiger partial charge is 0.353 e. The summed E-state index contributed by atoms with van der Waals surface area (Å²) < 4.78 is 0. The second kappa shape index (κ2) is 7.56. The normalized spacial score (nSPS) is 23.0. The maximum atomic E-state index is 12.4. The van der Waals surface area contributed by atoms with Crippen molar-refractivity contribution in [1.82, 2.24) is 20.2 Å². The number of carbonyl (C=O) groups excluding carboxylic acids is 2. The van der Waals surface area contributed by atoms with Gasteiger partial charge < -0.3 is 10.2 Å². The Hall–Kier alpha value is -1.98. The third kappa shape index (κ3) is 4.14. The van der Waals surface area contributed by atoms with Gasteiger partial charge in [0.25, 0.3) is 0 Å². The third-order valence-corrected chi connectivity index (χ3v) is 6.29. The van der Waals surface area contributed by atoms with Crippen molar-refractivity contribution in [2.75, 3.05) is 13.1 Å². The molecule has 146 valence electrons. The van der Waals surface area contributed by atoms with Gasteiger partial charge in [-0.2, -0.15) is 0 Å². The predicted molar refractivity (Wildman–Crippen MR) is 102 cm³/mol. The molecule has 0 aromatic carbocycles. The smallest absolute Gasteiger partial charge is 0.225 e. The summed E-state index contributed by atoms with van der Waals surface area (Å²) >= 11 is 0. The van der Waals surface area contributed by atoms with Gasteiger partial charge in [0.1, 0.15) is 5.82 Å².